The summed E-state index contributed by atoms with van der Waals surface area (Å²) >= 11 is 0. The van der Waals surface area contributed by atoms with E-state index >= 15 is 0 Å². The van der Waals surface area contributed by atoms with Gasteiger partial charge in [-0.1, -0.05) is 127 Å². The smallest absolute Gasteiger partial charge is 0.462 e. The van der Waals surface area contributed by atoms with E-state index in [1.54, 1.807) is 0 Å². The first-order valence-electron chi connectivity index (χ1n) is 18.8. The topological polar surface area (TPSA) is 108 Å². The molecule has 0 rings (SSSR count). The van der Waals surface area contributed by atoms with Crippen molar-refractivity contribution in [2.45, 2.75) is 168 Å². The maximum absolute atomic E-state index is 12.4. The third kappa shape index (κ3) is 33.9. The van der Waals surface area contributed by atoms with Crippen LogP contribution in [0.5, 0.6) is 0 Å². The van der Waals surface area contributed by atoms with Crippen LogP contribution < -0.4 is 0 Å². The van der Waals surface area contributed by atoms with Gasteiger partial charge in [-0.25, -0.2) is 4.57 Å². The second kappa shape index (κ2) is 34.9. The van der Waals surface area contributed by atoms with Crippen LogP contribution in [0.25, 0.3) is 0 Å². The van der Waals surface area contributed by atoms with Gasteiger partial charge in [0, 0.05) is 20.0 Å². The molecule has 0 bridgehead atoms. The quantitative estimate of drug-likeness (QED) is 0.0306. The number of rotatable bonds is 34. The van der Waals surface area contributed by atoms with Gasteiger partial charge >= 0.3 is 19.8 Å². The molecular formula is C39H69O8P. The van der Waals surface area contributed by atoms with Crippen LogP contribution in [0.2, 0.25) is 0 Å². The molecule has 0 fully saturated rings. The van der Waals surface area contributed by atoms with Crippen LogP contribution in [0.1, 0.15) is 162 Å². The lowest BCUT2D eigenvalue weighted by atomic mass is 10.1. The number of phosphoric ester groups is 1. The molecule has 1 N–H and O–H groups in total. The Morgan fingerprint density at radius 3 is 1.60 bits per heavy atom. The highest BCUT2D eigenvalue weighted by molar-refractivity contribution is 7.47. The molecule has 0 spiro atoms. The zero-order valence-electron chi connectivity index (χ0n) is 30.6. The molecule has 0 aromatic carbocycles. The van der Waals surface area contributed by atoms with Crippen molar-refractivity contribution in [3.63, 3.8) is 0 Å². The number of hydrogen-bond donors (Lipinski definition) is 1. The summed E-state index contributed by atoms with van der Waals surface area (Å²) in [5.41, 5.74) is 0. The van der Waals surface area contributed by atoms with Crippen molar-refractivity contribution in [2.24, 2.45) is 0 Å². The molecule has 0 radical (unpaired) electrons. The minimum atomic E-state index is -4.26. The number of unbranched alkanes of at least 4 members (excludes halogenated alkanes) is 15. The van der Waals surface area contributed by atoms with Crippen LogP contribution in [-0.4, -0.2) is 43.3 Å². The lowest BCUT2D eigenvalue weighted by Gasteiger charge is -2.19. The van der Waals surface area contributed by atoms with Crippen LogP contribution >= 0.6 is 7.82 Å². The number of carbonyl (C=O) groups is 2. The number of hydrogen-bond acceptors (Lipinski definition) is 7. The summed E-state index contributed by atoms with van der Waals surface area (Å²) in [5, 5.41) is 0. The second-order valence-electron chi connectivity index (χ2n) is 12.3. The van der Waals surface area contributed by atoms with Crippen LogP contribution in [0.3, 0.4) is 0 Å². The first-order chi connectivity index (χ1) is 23.3. The Kier molecular flexibility index (Phi) is 33.4. The SMILES string of the molecule is CC/C=C\C/C=C\C/C=C\CCCCCCCC(=O)OC(COC(=O)CCCCCCC/C=C\CCCCCCC)COP(=O)(O)OC. The van der Waals surface area contributed by atoms with E-state index in [0.717, 1.165) is 97.0 Å². The summed E-state index contributed by atoms with van der Waals surface area (Å²) in [6.07, 6.45) is 40.1. The molecule has 0 aliphatic carbocycles. The van der Waals surface area contributed by atoms with Crippen LogP contribution in [0.4, 0.5) is 0 Å². The summed E-state index contributed by atoms with van der Waals surface area (Å²) in [7, 11) is -3.21. The van der Waals surface area contributed by atoms with E-state index < -0.39 is 26.5 Å². The Morgan fingerprint density at radius 1 is 0.604 bits per heavy atom. The van der Waals surface area contributed by atoms with E-state index in [4.69, 9.17) is 14.0 Å². The van der Waals surface area contributed by atoms with Gasteiger partial charge in [-0.15, -0.1) is 0 Å². The fourth-order valence-electron chi connectivity index (χ4n) is 4.90. The highest BCUT2D eigenvalue weighted by atomic mass is 31.2. The largest absolute Gasteiger partial charge is 0.472 e. The standard InChI is InChI=1S/C39H69O8P/c1-4-6-8-10-12-14-16-18-20-22-24-26-28-30-32-34-39(41)47-37(36-46-48(42,43)44-3)35-45-38(40)33-31-29-27-25-23-21-19-17-15-13-11-9-7-5-2/h6,8,12,14,17-20,37H,4-5,7,9-11,13,15-16,21-36H2,1-3H3,(H,42,43)/b8-6-,14-12-,19-17-,20-18-. The molecule has 2 unspecified atom stereocenters. The molecule has 9 heteroatoms. The average molecular weight is 697 g/mol. The lowest BCUT2D eigenvalue weighted by molar-refractivity contribution is -0.161. The molecule has 0 aromatic heterocycles. The molecule has 0 heterocycles. The van der Waals surface area contributed by atoms with Gasteiger partial charge in [0.2, 0.25) is 0 Å². The second-order valence-corrected chi connectivity index (χ2v) is 13.9. The summed E-state index contributed by atoms with van der Waals surface area (Å²) < 4.78 is 31.8. The normalized spacial score (nSPS) is 14.0. The van der Waals surface area contributed by atoms with Crippen LogP contribution in [-0.2, 0) is 32.7 Å². The maximum Gasteiger partial charge on any atom is 0.472 e. The number of phosphoric acid groups is 1. The predicted octanol–water partition coefficient (Wildman–Crippen LogP) is 11.4. The Hall–Kier alpha value is -1.99. The maximum atomic E-state index is 12.4. The van der Waals surface area contributed by atoms with E-state index in [2.05, 4.69) is 67.0 Å². The molecule has 0 aromatic rings. The van der Waals surface area contributed by atoms with Gasteiger partial charge < -0.3 is 14.4 Å². The fraction of sp³-hybridized carbons (Fsp3) is 0.744. The molecule has 0 saturated carbocycles. The van der Waals surface area contributed by atoms with Gasteiger partial charge in [-0.3, -0.25) is 18.6 Å². The number of esters is 2. The predicted molar refractivity (Wildman–Crippen MR) is 198 cm³/mol. The van der Waals surface area contributed by atoms with Crippen molar-refractivity contribution in [1.29, 1.82) is 0 Å². The summed E-state index contributed by atoms with van der Waals surface area (Å²) in [5.74, 6) is -0.837. The zero-order chi connectivity index (χ0) is 35.4. The minimum absolute atomic E-state index is 0.222. The van der Waals surface area contributed by atoms with Gasteiger partial charge in [0.05, 0.1) is 6.61 Å². The van der Waals surface area contributed by atoms with Gasteiger partial charge in [0.1, 0.15) is 6.61 Å². The highest BCUT2D eigenvalue weighted by Crippen LogP contribution is 2.42. The fourth-order valence-corrected chi connectivity index (χ4v) is 5.36. The number of carbonyl (C=O) groups excluding carboxylic acids is 2. The summed E-state index contributed by atoms with van der Waals surface area (Å²) in [4.78, 5) is 34.3. The van der Waals surface area contributed by atoms with E-state index in [9.17, 15) is 19.0 Å². The van der Waals surface area contributed by atoms with Gasteiger partial charge in [-0.2, -0.15) is 0 Å². The van der Waals surface area contributed by atoms with Crippen molar-refractivity contribution in [3.8, 4) is 0 Å². The van der Waals surface area contributed by atoms with E-state index in [1.165, 1.54) is 38.5 Å². The third-order valence-electron chi connectivity index (χ3n) is 7.81. The first kappa shape index (κ1) is 46.0. The molecule has 48 heavy (non-hydrogen) atoms. The minimum Gasteiger partial charge on any atom is -0.462 e. The van der Waals surface area contributed by atoms with Gasteiger partial charge in [0.15, 0.2) is 6.10 Å². The van der Waals surface area contributed by atoms with E-state index in [1.807, 2.05) is 0 Å². The van der Waals surface area contributed by atoms with E-state index in [-0.39, 0.29) is 25.4 Å². The molecule has 0 saturated heterocycles. The van der Waals surface area contributed by atoms with Crippen molar-refractivity contribution in [3.05, 3.63) is 48.6 Å². The molecule has 0 amide bonds. The Balaban J connectivity index is 4.12. The van der Waals surface area contributed by atoms with Crippen LogP contribution in [0.15, 0.2) is 48.6 Å². The Bertz CT molecular complexity index is 927. The van der Waals surface area contributed by atoms with Gasteiger partial charge in [-0.05, 0) is 70.6 Å². The molecule has 8 nitrogen and oxygen atoms in total. The summed E-state index contributed by atoms with van der Waals surface area (Å²) in [6, 6.07) is 0. The third-order valence-corrected chi connectivity index (χ3v) is 8.74. The first-order valence-corrected chi connectivity index (χ1v) is 20.3. The number of allylic oxidation sites excluding steroid dienone is 8. The van der Waals surface area contributed by atoms with Crippen LogP contribution in [0, 0.1) is 0 Å². The molecule has 0 aliphatic heterocycles. The summed E-state index contributed by atoms with van der Waals surface area (Å²) in [6.45, 7) is 3.73. The van der Waals surface area contributed by atoms with Crippen molar-refractivity contribution in [1.82, 2.24) is 0 Å². The molecular weight excluding hydrogens is 627 g/mol. The monoisotopic (exact) mass is 696 g/mol. The molecule has 278 valence electrons. The van der Waals surface area contributed by atoms with Crippen molar-refractivity contribution >= 4 is 19.8 Å². The highest BCUT2D eigenvalue weighted by Gasteiger charge is 2.24. The van der Waals surface area contributed by atoms with Crippen molar-refractivity contribution < 1.29 is 37.6 Å². The average Bonchev–Trinajstić information content (AvgIpc) is 3.07. The van der Waals surface area contributed by atoms with E-state index in [0.29, 0.717) is 6.42 Å². The van der Waals surface area contributed by atoms with Gasteiger partial charge in [0.25, 0.3) is 0 Å². The Morgan fingerprint density at radius 2 is 1.06 bits per heavy atom. The molecule has 0 aliphatic rings. The van der Waals surface area contributed by atoms with Crippen molar-refractivity contribution in [2.75, 3.05) is 20.3 Å². The number of ether oxygens (including phenoxy) is 2. The molecule has 2 atom stereocenters. The Labute approximate surface area is 293 Å². The lowest BCUT2D eigenvalue weighted by Crippen LogP contribution is -2.29. The zero-order valence-corrected chi connectivity index (χ0v) is 31.5.